The zero-order valence-electron chi connectivity index (χ0n) is 12.3. The van der Waals surface area contributed by atoms with Gasteiger partial charge in [0.2, 0.25) is 0 Å². The number of para-hydroxylation sites is 1. The molecule has 0 unspecified atom stereocenters. The molecule has 0 fully saturated rings. The molecule has 1 aliphatic heterocycles. The number of nitrogens with zero attached hydrogens (tertiary/aromatic N) is 1. The first-order valence-electron chi connectivity index (χ1n) is 7.83. The van der Waals surface area contributed by atoms with Gasteiger partial charge in [0.05, 0.1) is 5.69 Å². The number of rotatable bonds is 2. The SMILES string of the molecule is O=C(Nc1nc2c(s1)CCCCC2)[C@@H]1Cc2ccccc2O1. The van der Waals surface area contributed by atoms with E-state index in [1.165, 1.54) is 29.8 Å². The summed E-state index contributed by atoms with van der Waals surface area (Å²) in [5.41, 5.74) is 2.27. The summed E-state index contributed by atoms with van der Waals surface area (Å²) in [6.07, 6.45) is 6.02. The lowest BCUT2D eigenvalue weighted by atomic mass is 10.1. The van der Waals surface area contributed by atoms with Crippen LogP contribution in [0.4, 0.5) is 5.13 Å². The lowest BCUT2D eigenvalue weighted by molar-refractivity contribution is -0.122. The van der Waals surface area contributed by atoms with Crippen LogP contribution in [0.1, 0.15) is 35.4 Å². The van der Waals surface area contributed by atoms with Crippen molar-refractivity contribution in [1.29, 1.82) is 0 Å². The third-order valence-corrected chi connectivity index (χ3v) is 5.34. The second-order valence-corrected chi connectivity index (χ2v) is 6.94. The first-order valence-corrected chi connectivity index (χ1v) is 8.65. The molecule has 2 heterocycles. The highest BCUT2D eigenvalue weighted by Crippen LogP contribution is 2.31. The second kappa shape index (κ2) is 5.72. The maximum Gasteiger partial charge on any atom is 0.267 e. The normalized spacial score (nSPS) is 19.7. The van der Waals surface area contributed by atoms with Gasteiger partial charge in [0.15, 0.2) is 11.2 Å². The van der Waals surface area contributed by atoms with Gasteiger partial charge in [0.1, 0.15) is 5.75 Å². The van der Waals surface area contributed by atoms with E-state index >= 15 is 0 Å². The summed E-state index contributed by atoms with van der Waals surface area (Å²) in [4.78, 5) is 18.3. The summed E-state index contributed by atoms with van der Waals surface area (Å²) in [6, 6.07) is 7.82. The van der Waals surface area contributed by atoms with Gasteiger partial charge in [0, 0.05) is 11.3 Å². The molecule has 4 nitrogen and oxygen atoms in total. The Morgan fingerprint density at radius 3 is 3.00 bits per heavy atom. The van der Waals surface area contributed by atoms with Crippen molar-refractivity contribution in [2.45, 2.75) is 44.6 Å². The minimum absolute atomic E-state index is 0.0971. The summed E-state index contributed by atoms with van der Waals surface area (Å²) < 4.78 is 5.73. The van der Waals surface area contributed by atoms with Crippen molar-refractivity contribution in [1.82, 2.24) is 4.98 Å². The predicted octanol–water partition coefficient (Wildman–Crippen LogP) is 3.35. The van der Waals surface area contributed by atoms with E-state index in [4.69, 9.17) is 4.74 Å². The fourth-order valence-corrected chi connectivity index (χ4v) is 4.15. The first-order chi connectivity index (χ1) is 10.8. The van der Waals surface area contributed by atoms with E-state index in [-0.39, 0.29) is 5.91 Å². The number of hydrogen-bond donors (Lipinski definition) is 1. The number of amides is 1. The summed E-state index contributed by atoms with van der Waals surface area (Å²) >= 11 is 1.62. The molecule has 1 aliphatic carbocycles. The molecule has 1 N–H and O–H groups in total. The van der Waals surface area contributed by atoms with Gasteiger partial charge in [-0.25, -0.2) is 4.98 Å². The van der Waals surface area contributed by atoms with Crippen molar-refractivity contribution in [2.75, 3.05) is 5.32 Å². The van der Waals surface area contributed by atoms with E-state index in [1.807, 2.05) is 24.3 Å². The Bertz CT molecular complexity index is 662. The highest BCUT2D eigenvalue weighted by atomic mass is 32.1. The molecule has 1 amide bonds. The maximum atomic E-state index is 12.4. The van der Waals surface area contributed by atoms with Crippen molar-refractivity contribution in [3.63, 3.8) is 0 Å². The molecule has 1 aromatic heterocycles. The van der Waals surface area contributed by atoms with Gasteiger partial charge in [0.25, 0.3) is 5.91 Å². The topological polar surface area (TPSA) is 51.2 Å². The summed E-state index contributed by atoms with van der Waals surface area (Å²) in [7, 11) is 0. The summed E-state index contributed by atoms with van der Waals surface area (Å²) in [6.45, 7) is 0. The number of ether oxygens (including phenoxy) is 1. The van der Waals surface area contributed by atoms with Crippen LogP contribution in [0.25, 0.3) is 0 Å². The smallest absolute Gasteiger partial charge is 0.267 e. The van der Waals surface area contributed by atoms with Gasteiger partial charge in [-0.2, -0.15) is 0 Å². The molecule has 1 atom stereocenters. The Morgan fingerprint density at radius 1 is 1.23 bits per heavy atom. The predicted molar refractivity (Wildman–Crippen MR) is 86.6 cm³/mol. The number of fused-ring (bicyclic) bond motifs is 2. The number of thiazole rings is 1. The van der Waals surface area contributed by atoms with Gasteiger partial charge in [-0.3, -0.25) is 10.1 Å². The Labute approximate surface area is 133 Å². The van der Waals surface area contributed by atoms with Crippen molar-refractivity contribution >= 4 is 22.4 Å². The lowest BCUT2D eigenvalue weighted by Crippen LogP contribution is -2.31. The van der Waals surface area contributed by atoms with Crippen LogP contribution in [0, 0.1) is 0 Å². The van der Waals surface area contributed by atoms with Crippen LogP contribution < -0.4 is 10.1 Å². The summed E-state index contributed by atoms with van der Waals surface area (Å²) in [5.74, 6) is 0.720. The number of aryl methyl sites for hydroxylation is 2. The highest BCUT2D eigenvalue weighted by molar-refractivity contribution is 7.15. The second-order valence-electron chi connectivity index (χ2n) is 5.86. The van der Waals surface area contributed by atoms with E-state index < -0.39 is 6.10 Å². The van der Waals surface area contributed by atoms with Crippen molar-refractivity contribution in [3.05, 3.63) is 40.4 Å². The number of carbonyl (C=O) groups excluding carboxylic acids is 1. The molecule has 5 heteroatoms. The third kappa shape index (κ3) is 2.61. The van der Waals surface area contributed by atoms with Crippen LogP contribution in [0.3, 0.4) is 0 Å². The number of hydrogen-bond acceptors (Lipinski definition) is 4. The fraction of sp³-hybridized carbons (Fsp3) is 0.412. The molecule has 2 aromatic rings. The van der Waals surface area contributed by atoms with Gasteiger partial charge < -0.3 is 4.74 Å². The van der Waals surface area contributed by atoms with E-state index in [2.05, 4.69) is 10.3 Å². The summed E-state index contributed by atoms with van der Waals surface area (Å²) in [5, 5.41) is 3.66. The molecular formula is C17H18N2O2S. The van der Waals surface area contributed by atoms with E-state index in [9.17, 15) is 4.79 Å². The van der Waals surface area contributed by atoms with Gasteiger partial charge in [-0.15, -0.1) is 11.3 Å². The van der Waals surface area contributed by atoms with Crippen molar-refractivity contribution < 1.29 is 9.53 Å². The monoisotopic (exact) mass is 314 g/mol. The highest BCUT2D eigenvalue weighted by Gasteiger charge is 2.29. The number of nitrogens with one attached hydrogen (secondary N) is 1. The van der Waals surface area contributed by atoms with Gasteiger partial charge in [-0.1, -0.05) is 24.6 Å². The first kappa shape index (κ1) is 13.8. The van der Waals surface area contributed by atoms with Crippen LogP contribution in [0.5, 0.6) is 5.75 Å². The quantitative estimate of drug-likeness (QED) is 0.865. The minimum atomic E-state index is -0.443. The number of anilines is 1. The lowest BCUT2D eigenvalue weighted by Gasteiger charge is -2.09. The van der Waals surface area contributed by atoms with Crippen molar-refractivity contribution in [2.24, 2.45) is 0 Å². The minimum Gasteiger partial charge on any atom is -0.480 e. The van der Waals surface area contributed by atoms with E-state index in [0.717, 1.165) is 29.3 Å². The Kier molecular flexibility index (Phi) is 3.58. The largest absolute Gasteiger partial charge is 0.480 e. The maximum absolute atomic E-state index is 12.4. The molecule has 0 saturated heterocycles. The van der Waals surface area contributed by atoms with Gasteiger partial charge in [-0.05, 0) is 37.3 Å². The zero-order valence-corrected chi connectivity index (χ0v) is 13.1. The number of carbonyl (C=O) groups is 1. The molecular weight excluding hydrogens is 296 g/mol. The Hall–Kier alpha value is -1.88. The van der Waals surface area contributed by atoms with Crippen LogP contribution in [0.15, 0.2) is 24.3 Å². The number of benzene rings is 1. The molecule has 0 saturated carbocycles. The molecule has 0 bridgehead atoms. The molecule has 114 valence electrons. The van der Waals surface area contributed by atoms with Crippen molar-refractivity contribution in [3.8, 4) is 5.75 Å². The van der Waals surface area contributed by atoms with Gasteiger partial charge >= 0.3 is 0 Å². The zero-order chi connectivity index (χ0) is 14.9. The standard InChI is InChI=1S/C17H18N2O2S/c20-16(14-10-11-6-4-5-8-13(11)21-14)19-17-18-12-7-2-1-3-9-15(12)22-17/h4-6,8,14H,1-3,7,9-10H2,(H,18,19,20)/t14-/m0/s1. The molecule has 2 aliphatic rings. The number of aromatic nitrogens is 1. The Morgan fingerprint density at radius 2 is 2.09 bits per heavy atom. The molecule has 4 rings (SSSR count). The van der Waals surface area contributed by atoms with Crippen LogP contribution in [0.2, 0.25) is 0 Å². The fourth-order valence-electron chi connectivity index (χ4n) is 3.10. The molecule has 0 radical (unpaired) electrons. The average molecular weight is 314 g/mol. The molecule has 0 spiro atoms. The molecule has 22 heavy (non-hydrogen) atoms. The van der Waals surface area contributed by atoms with E-state index in [1.54, 1.807) is 11.3 Å². The average Bonchev–Trinajstić information content (AvgIpc) is 3.05. The third-order valence-electron chi connectivity index (χ3n) is 4.27. The van der Waals surface area contributed by atoms with E-state index in [0.29, 0.717) is 6.42 Å². The van der Waals surface area contributed by atoms with Crippen LogP contribution in [-0.4, -0.2) is 17.0 Å². The Balaban J connectivity index is 1.45. The van der Waals surface area contributed by atoms with Crippen LogP contribution >= 0.6 is 11.3 Å². The van der Waals surface area contributed by atoms with Crippen LogP contribution in [-0.2, 0) is 24.1 Å². The molecule has 1 aromatic carbocycles.